The highest BCUT2D eigenvalue weighted by Crippen LogP contribution is 2.21. The average molecular weight is 299 g/mol. The molecule has 114 valence electrons. The summed E-state index contributed by atoms with van der Waals surface area (Å²) in [7, 11) is -3.15. The summed E-state index contributed by atoms with van der Waals surface area (Å²) in [5, 5.41) is 8.95. The average Bonchev–Trinajstić information content (AvgIpc) is 2.39. The number of aliphatic hydroxyl groups excluding tert-OH is 1. The highest BCUT2D eigenvalue weighted by Gasteiger charge is 2.15. The molecule has 4 nitrogen and oxygen atoms in total. The van der Waals surface area contributed by atoms with Crippen molar-refractivity contribution in [3.05, 3.63) is 24.3 Å². The van der Waals surface area contributed by atoms with Crippen molar-refractivity contribution in [3.63, 3.8) is 0 Å². The fourth-order valence-corrected chi connectivity index (χ4v) is 3.48. The van der Waals surface area contributed by atoms with Gasteiger partial charge >= 0.3 is 0 Å². The van der Waals surface area contributed by atoms with Crippen LogP contribution in [0.3, 0.4) is 0 Å². The van der Waals surface area contributed by atoms with Gasteiger partial charge in [0.1, 0.15) is 0 Å². The Balaban J connectivity index is 2.94. The summed E-state index contributed by atoms with van der Waals surface area (Å²) in [6.07, 6.45) is 1.33. The number of sulfone groups is 1. The Morgan fingerprint density at radius 1 is 1.20 bits per heavy atom. The molecule has 0 amide bonds. The van der Waals surface area contributed by atoms with Gasteiger partial charge in [-0.25, -0.2) is 8.42 Å². The Morgan fingerprint density at radius 2 is 1.80 bits per heavy atom. The molecule has 0 saturated heterocycles. The predicted molar refractivity (Wildman–Crippen MR) is 83.0 cm³/mol. The zero-order chi connectivity index (χ0) is 15.2. The molecule has 20 heavy (non-hydrogen) atoms. The van der Waals surface area contributed by atoms with Crippen LogP contribution in [0, 0.1) is 0 Å². The fraction of sp³-hybridized carbons (Fsp3) is 0.600. The molecular formula is C15H25NO3S. The van der Waals surface area contributed by atoms with Crippen molar-refractivity contribution in [2.45, 2.75) is 44.6 Å². The molecule has 0 atom stereocenters. The minimum Gasteiger partial charge on any atom is -0.396 e. The first-order chi connectivity index (χ1) is 9.42. The van der Waals surface area contributed by atoms with Crippen molar-refractivity contribution in [3.8, 4) is 0 Å². The van der Waals surface area contributed by atoms with Crippen molar-refractivity contribution >= 4 is 15.5 Å². The van der Waals surface area contributed by atoms with E-state index in [0.717, 1.165) is 12.2 Å². The van der Waals surface area contributed by atoms with E-state index >= 15 is 0 Å². The largest absolute Gasteiger partial charge is 0.396 e. The van der Waals surface area contributed by atoms with Crippen LogP contribution in [0.15, 0.2) is 29.2 Å². The van der Waals surface area contributed by atoms with E-state index in [4.69, 9.17) is 5.11 Å². The molecule has 0 fully saturated rings. The van der Waals surface area contributed by atoms with E-state index < -0.39 is 9.84 Å². The molecule has 0 bridgehead atoms. The molecule has 0 heterocycles. The minimum absolute atomic E-state index is 0.159. The van der Waals surface area contributed by atoms with E-state index in [-0.39, 0.29) is 12.4 Å². The van der Waals surface area contributed by atoms with Gasteiger partial charge in [0.05, 0.1) is 10.6 Å². The first kappa shape index (κ1) is 17.0. The summed E-state index contributed by atoms with van der Waals surface area (Å²) in [5.74, 6) is 0.185. The number of rotatable bonds is 8. The van der Waals surface area contributed by atoms with Crippen LogP contribution in [-0.2, 0) is 9.84 Å². The highest BCUT2D eigenvalue weighted by atomic mass is 32.2. The Kier molecular flexibility index (Phi) is 6.49. The second-order valence-corrected chi connectivity index (χ2v) is 7.29. The standard InChI is InChI=1S/C15H25NO3S/c1-4-12-20(18,19)15-8-6-14(7-9-15)16(13(2)3)10-5-11-17/h6-9,13,17H,4-5,10-12H2,1-3H3. The van der Waals surface area contributed by atoms with Crippen molar-refractivity contribution < 1.29 is 13.5 Å². The lowest BCUT2D eigenvalue weighted by Crippen LogP contribution is -2.32. The van der Waals surface area contributed by atoms with Gasteiger partial charge in [-0.15, -0.1) is 0 Å². The second kappa shape index (κ2) is 7.64. The summed E-state index contributed by atoms with van der Waals surface area (Å²) < 4.78 is 23.9. The summed E-state index contributed by atoms with van der Waals surface area (Å²) >= 11 is 0. The van der Waals surface area contributed by atoms with E-state index in [1.54, 1.807) is 12.1 Å². The molecule has 1 aromatic carbocycles. The number of benzene rings is 1. The van der Waals surface area contributed by atoms with Crippen LogP contribution in [-0.4, -0.2) is 38.5 Å². The molecule has 0 unspecified atom stereocenters. The van der Waals surface area contributed by atoms with Crippen molar-refractivity contribution in [1.29, 1.82) is 0 Å². The van der Waals surface area contributed by atoms with Gasteiger partial charge in [0.25, 0.3) is 0 Å². The third-order valence-corrected chi connectivity index (χ3v) is 5.12. The second-order valence-electron chi connectivity index (χ2n) is 5.18. The van der Waals surface area contributed by atoms with E-state index in [0.29, 0.717) is 23.8 Å². The number of hydrogen-bond donors (Lipinski definition) is 1. The van der Waals surface area contributed by atoms with E-state index in [9.17, 15) is 8.42 Å². The molecule has 0 spiro atoms. The molecule has 0 aromatic heterocycles. The minimum atomic E-state index is -3.15. The van der Waals surface area contributed by atoms with Crippen LogP contribution < -0.4 is 4.90 Å². The van der Waals surface area contributed by atoms with Gasteiger partial charge in [-0.05, 0) is 51.0 Å². The van der Waals surface area contributed by atoms with Crippen LogP contribution in [0.4, 0.5) is 5.69 Å². The Morgan fingerprint density at radius 3 is 2.25 bits per heavy atom. The molecular weight excluding hydrogens is 274 g/mol. The normalized spacial score (nSPS) is 11.8. The first-order valence-electron chi connectivity index (χ1n) is 7.12. The van der Waals surface area contributed by atoms with Crippen LogP contribution in [0.25, 0.3) is 0 Å². The Hall–Kier alpha value is -1.07. The van der Waals surface area contributed by atoms with Gasteiger partial charge in [0, 0.05) is 24.9 Å². The number of hydrogen-bond acceptors (Lipinski definition) is 4. The zero-order valence-corrected chi connectivity index (χ0v) is 13.4. The van der Waals surface area contributed by atoms with Gasteiger partial charge < -0.3 is 10.0 Å². The predicted octanol–water partition coefficient (Wildman–Crippen LogP) is 2.47. The summed E-state index contributed by atoms with van der Waals surface area (Å²) in [5.41, 5.74) is 0.990. The lowest BCUT2D eigenvalue weighted by atomic mass is 10.2. The third-order valence-electron chi connectivity index (χ3n) is 3.18. The third kappa shape index (κ3) is 4.49. The van der Waals surface area contributed by atoms with Crippen LogP contribution in [0.2, 0.25) is 0 Å². The van der Waals surface area contributed by atoms with E-state index in [2.05, 4.69) is 18.7 Å². The summed E-state index contributed by atoms with van der Waals surface area (Å²) in [6.45, 7) is 6.95. The van der Waals surface area contributed by atoms with Gasteiger partial charge in [-0.2, -0.15) is 0 Å². The smallest absolute Gasteiger partial charge is 0.178 e. The van der Waals surface area contributed by atoms with Crippen LogP contribution in [0.1, 0.15) is 33.6 Å². The molecule has 0 radical (unpaired) electrons. The molecule has 0 aliphatic carbocycles. The number of anilines is 1. The maximum Gasteiger partial charge on any atom is 0.178 e. The van der Waals surface area contributed by atoms with Crippen molar-refractivity contribution in [2.75, 3.05) is 23.8 Å². The Bertz CT molecular complexity index is 494. The summed E-state index contributed by atoms with van der Waals surface area (Å²) in [6, 6.07) is 7.35. The molecule has 1 aromatic rings. The van der Waals surface area contributed by atoms with Crippen LogP contribution >= 0.6 is 0 Å². The topological polar surface area (TPSA) is 57.6 Å². The van der Waals surface area contributed by atoms with E-state index in [1.165, 1.54) is 0 Å². The molecule has 1 rings (SSSR count). The SMILES string of the molecule is CCCS(=O)(=O)c1ccc(N(CCCO)C(C)C)cc1. The highest BCUT2D eigenvalue weighted by molar-refractivity contribution is 7.91. The van der Waals surface area contributed by atoms with Gasteiger partial charge in [-0.1, -0.05) is 6.92 Å². The first-order valence-corrected chi connectivity index (χ1v) is 8.78. The molecule has 5 heteroatoms. The van der Waals surface area contributed by atoms with Crippen molar-refractivity contribution in [2.24, 2.45) is 0 Å². The molecule has 0 aliphatic heterocycles. The maximum atomic E-state index is 12.0. The molecule has 1 N–H and O–H groups in total. The van der Waals surface area contributed by atoms with Gasteiger partial charge in [0.2, 0.25) is 0 Å². The van der Waals surface area contributed by atoms with Crippen LogP contribution in [0.5, 0.6) is 0 Å². The van der Waals surface area contributed by atoms with Gasteiger partial charge in [-0.3, -0.25) is 0 Å². The Labute approximate surface area is 122 Å². The number of nitrogens with zero attached hydrogens (tertiary/aromatic N) is 1. The molecule has 0 aliphatic rings. The van der Waals surface area contributed by atoms with Gasteiger partial charge in [0.15, 0.2) is 9.84 Å². The quantitative estimate of drug-likeness (QED) is 0.801. The maximum absolute atomic E-state index is 12.0. The zero-order valence-electron chi connectivity index (χ0n) is 12.5. The summed E-state index contributed by atoms with van der Waals surface area (Å²) in [4.78, 5) is 2.54. The number of aliphatic hydroxyl groups is 1. The van der Waals surface area contributed by atoms with E-state index in [1.807, 2.05) is 19.1 Å². The lowest BCUT2D eigenvalue weighted by molar-refractivity contribution is 0.288. The van der Waals surface area contributed by atoms with Crippen molar-refractivity contribution in [1.82, 2.24) is 0 Å². The lowest BCUT2D eigenvalue weighted by Gasteiger charge is -2.29. The molecule has 0 saturated carbocycles. The fourth-order valence-electron chi connectivity index (χ4n) is 2.16. The monoisotopic (exact) mass is 299 g/mol.